The molecule has 1 heterocycles. The van der Waals surface area contributed by atoms with Crippen LogP contribution in [0.3, 0.4) is 0 Å². The molecule has 0 saturated heterocycles. The van der Waals surface area contributed by atoms with E-state index in [1.165, 1.54) is 6.07 Å². The van der Waals surface area contributed by atoms with E-state index in [0.717, 1.165) is 27.7 Å². The number of aryl methyl sites for hydroxylation is 1. The van der Waals surface area contributed by atoms with Crippen molar-refractivity contribution in [2.45, 2.75) is 13.8 Å². The van der Waals surface area contributed by atoms with Crippen LogP contribution in [0.2, 0.25) is 0 Å². The van der Waals surface area contributed by atoms with Crippen molar-refractivity contribution < 1.29 is 9.18 Å². The number of rotatable bonds is 4. The first-order valence-corrected chi connectivity index (χ1v) is 10.2. The lowest BCUT2D eigenvalue weighted by Gasteiger charge is -2.11. The zero-order valence-electron chi connectivity index (χ0n) is 16.5. The number of hydrazone groups is 1. The second-order valence-corrected chi connectivity index (χ2v) is 7.93. The van der Waals surface area contributed by atoms with Gasteiger partial charge in [-0.1, -0.05) is 46.3 Å². The molecule has 3 aromatic carbocycles. The van der Waals surface area contributed by atoms with Gasteiger partial charge in [0.25, 0.3) is 5.91 Å². The summed E-state index contributed by atoms with van der Waals surface area (Å²) >= 11 is 3.28. The van der Waals surface area contributed by atoms with E-state index in [2.05, 4.69) is 26.5 Å². The summed E-state index contributed by atoms with van der Waals surface area (Å²) in [5.74, 6) is -0.607. The summed E-state index contributed by atoms with van der Waals surface area (Å²) < 4.78 is 16.9. The molecular weight excluding hydrogens is 445 g/mol. The van der Waals surface area contributed by atoms with Gasteiger partial charge in [-0.3, -0.25) is 4.79 Å². The van der Waals surface area contributed by atoms with Crippen molar-refractivity contribution in [3.8, 4) is 5.69 Å². The SMILES string of the molecule is Cc1cc(/C=N/NC(=O)c2ccc3ccccc3c2)c(C)n1-c1ccc(Br)cc1F. The van der Waals surface area contributed by atoms with Gasteiger partial charge in [0.05, 0.1) is 11.9 Å². The molecule has 0 saturated carbocycles. The van der Waals surface area contributed by atoms with Crippen LogP contribution < -0.4 is 5.43 Å². The second-order valence-electron chi connectivity index (χ2n) is 7.02. The Balaban J connectivity index is 1.54. The predicted molar refractivity (Wildman–Crippen MR) is 122 cm³/mol. The Morgan fingerprint density at radius 3 is 2.57 bits per heavy atom. The summed E-state index contributed by atoms with van der Waals surface area (Å²) in [6, 6.07) is 20.2. The van der Waals surface area contributed by atoms with Gasteiger partial charge >= 0.3 is 0 Å². The second kappa shape index (κ2) is 8.24. The number of amides is 1. The fourth-order valence-electron chi connectivity index (χ4n) is 3.51. The number of fused-ring (bicyclic) bond motifs is 1. The summed E-state index contributed by atoms with van der Waals surface area (Å²) in [5, 5.41) is 6.17. The van der Waals surface area contributed by atoms with Crippen LogP contribution in [0.1, 0.15) is 27.3 Å². The molecule has 4 rings (SSSR count). The number of carbonyl (C=O) groups excluding carboxylic acids is 1. The molecular formula is C24H19BrFN3O. The predicted octanol–water partition coefficient (Wildman–Crippen LogP) is 5.91. The van der Waals surface area contributed by atoms with E-state index in [0.29, 0.717) is 15.7 Å². The first-order valence-electron chi connectivity index (χ1n) is 9.40. The van der Waals surface area contributed by atoms with Crippen molar-refractivity contribution in [1.82, 2.24) is 9.99 Å². The highest BCUT2D eigenvalue weighted by molar-refractivity contribution is 9.10. The van der Waals surface area contributed by atoms with E-state index in [1.807, 2.05) is 60.9 Å². The molecule has 0 unspecified atom stereocenters. The van der Waals surface area contributed by atoms with Gasteiger partial charge in [0.1, 0.15) is 5.82 Å². The van der Waals surface area contributed by atoms with Crippen molar-refractivity contribution in [2.75, 3.05) is 0 Å². The summed E-state index contributed by atoms with van der Waals surface area (Å²) in [7, 11) is 0. The third-order valence-corrected chi connectivity index (χ3v) is 5.50. The van der Waals surface area contributed by atoms with Crippen molar-refractivity contribution >= 4 is 38.8 Å². The maximum atomic E-state index is 14.4. The standard InChI is InChI=1S/C24H19BrFN3O/c1-15-11-20(16(2)29(15)23-10-9-21(25)13-22(23)26)14-27-28-24(30)19-8-7-17-5-3-4-6-18(17)12-19/h3-14H,1-2H3,(H,28,30)/b27-14+. The number of benzene rings is 3. The molecule has 0 aliphatic rings. The fourth-order valence-corrected chi connectivity index (χ4v) is 3.84. The molecule has 0 atom stereocenters. The Kier molecular flexibility index (Phi) is 5.50. The van der Waals surface area contributed by atoms with Gasteiger partial charge in [-0.25, -0.2) is 9.82 Å². The van der Waals surface area contributed by atoms with Gasteiger partial charge in [-0.05, 0) is 61.0 Å². The molecule has 1 aromatic heterocycles. The Hall–Kier alpha value is -3.25. The third kappa shape index (κ3) is 3.91. The lowest BCUT2D eigenvalue weighted by molar-refractivity contribution is 0.0955. The average Bonchev–Trinajstić information content (AvgIpc) is 3.01. The van der Waals surface area contributed by atoms with Gasteiger partial charge < -0.3 is 4.57 Å². The topological polar surface area (TPSA) is 46.4 Å². The molecule has 30 heavy (non-hydrogen) atoms. The van der Waals surface area contributed by atoms with Crippen LogP contribution in [0.4, 0.5) is 4.39 Å². The number of halogens is 2. The fraction of sp³-hybridized carbons (Fsp3) is 0.0833. The maximum absolute atomic E-state index is 14.4. The summed E-state index contributed by atoms with van der Waals surface area (Å²) in [4.78, 5) is 12.4. The van der Waals surface area contributed by atoms with Gasteiger partial charge in [0.2, 0.25) is 0 Å². The first-order chi connectivity index (χ1) is 14.4. The van der Waals surface area contributed by atoms with Crippen molar-refractivity contribution in [3.05, 3.63) is 99.5 Å². The molecule has 1 amide bonds. The van der Waals surface area contributed by atoms with E-state index in [-0.39, 0.29) is 11.7 Å². The molecule has 6 heteroatoms. The van der Waals surface area contributed by atoms with E-state index >= 15 is 0 Å². The lowest BCUT2D eigenvalue weighted by atomic mass is 10.1. The number of hydrogen-bond acceptors (Lipinski definition) is 2. The smallest absolute Gasteiger partial charge is 0.271 e. The Labute approximate surface area is 182 Å². The van der Waals surface area contributed by atoms with Crippen molar-refractivity contribution in [3.63, 3.8) is 0 Å². The minimum absolute atomic E-state index is 0.287. The van der Waals surface area contributed by atoms with Crippen LogP contribution in [0.15, 0.2) is 76.3 Å². The first kappa shape index (κ1) is 20.0. The van der Waals surface area contributed by atoms with Gasteiger partial charge in [0.15, 0.2) is 0 Å². The highest BCUT2D eigenvalue weighted by atomic mass is 79.9. The quantitative estimate of drug-likeness (QED) is 0.296. The van der Waals surface area contributed by atoms with Gasteiger partial charge in [0, 0.05) is 27.0 Å². The van der Waals surface area contributed by atoms with Crippen LogP contribution in [-0.2, 0) is 0 Å². The van der Waals surface area contributed by atoms with Gasteiger partial charge in [-0.15, -0.1) is 0 Å². The maximum Gasteiger partial charge on any atom is 0.271 e. The largest absolute Gasteiger partial charge is 0.315 e. The van der Waals surface area contributed by atoms with E-state index in [4.69, 9.17) is 0 Å². The highest BCUT2D eigenvalue weighted by Crippen LogP contribution is 2.24. The number of nitrogens with zero attached hydrogens (tertiary/aromatic N) is 2. The molecule has 0 bridgehead atoms. The number of hydrogen-bond donors (Lipinski definition) is 1. The monoisotopic (exact) mass is 463 g/mol. The molecule has 0 spiro atoms. The van der Waals surface area contributed by atoms with E-state index in [1.54, 1.807) is 24.4 Å². The van der Waals surface area contributed by atoms with Crippen LogP contribution in [0.5, 0.6) is 0 Å². The van der Waals surface area contributed by atoms with Crippen molar-refractivity contribution in [1.29, 1.82) is 0 Å². The normalized spacial score (nSPS) is 11.3. The zero-order chi connectivity index (χ0) is 21.3. The summed E-state index contributed by atoms with van der Waals surface area (Å²) in [6.07, 6.45) is 1.58. The number of aromatic nitrogens is 1. The third-order valence-electron chi connectivity index (χ3n) is 5.00. The lowest BCUT2D eigenvalue weighted by Crippen LogP contribution is -2.17. The van der Waals surface area contributed by atoms with E-state index < -0.39 is 0 Å². The van der Waals surface area contributed by atoms with Crippen LogP contribution in [0.25, 0.3) is 16.5 Å². The Bertz CT molecular complexity index is 1290. The highest BCUT2D eigenvalue weighted by Gasteiger charge is 2.13. The number of carbonyl (C=O) groups is 1. The van der Waals surface area contributed by atoms with Crippen LogP contribution >= 0.6 is 15.9 Å². The Morgan fingerprint density at radius 2 is 1.80 bits per heavy atom. The Morgan fingerprint density at radius 1 is 1.03 bits per heavy atom. The van der Waals surface area contributed by atoms with Crippen LogP contribution in [-0.4, -0.2) is 16.7 Å². The molecule has 150 valence electrons. The summed E-state index contributed by atoms with van der Waals surface area (Å²) in [5.41, 5.74) is 6.07. The minimum atomic E-state index is -0.320. The summed E-state index contributed by atoms with van der Waals surface area (Å²) in [6.45, 7) is 3.79. The molecule has 0 fully saturated rings. The van der Waals surface area contributed by atoms with Gasteiger partial charge in [-0.2, -0.15) is 5.10 Å². The van der Waals surface area contributed by atoms with Crippen molar-refractivity contribution in [2.24, 2.45) is 5.10 Å². The molecule has 1 N–H and O–H groups in total. The zero-order valence-corrected chi connectivity index (χ0v) is 18.1. The molecule has 0 aliphatic heterocycles. The molecule has 0 radical (unpaired) electrons. The molecule has 4 nitrogen and oxygen atoms in total. The van der Waals surface area contributed by atoms with E-state index in [9.17, 15) is 9.18 Å². The molecule has 4 aromatic rings. The van der Waals surface area contributed by atoms with Crippen LogP contribution in [0, 0.1) is 19.7 Å². The average molecular weight is 464 g/mol. The minimum Gasteiger partial charge on any atom is -0.315 e. The molecule has 0 aliphatic carbocycles. The number of nitrogens with one attached hydrogen (secondary N) is 1.